The lowest BCUT2D eigenvalue weighted by atomic mass is 10.2. The Morgan fingerprint density at radius 2 is 1.96 bits per heavy atom. The quantitative estimate of drug-likeness (QED) is 0.537. The summed E-state index contributed by atoms with van der Waals surface area (Å²) < 4.78 is 3.67. The molecule has 0 spiro atoms. The van der Waals surface area contributed by atoms with Gasteiger partial charge < -0.3 is 5.32 Å². The summed E-state index contributed by atoms with van der Waals surface area (Å²) in [4.78, 5) is 26.0. The minimum Gasteiger partial charge on any atom is -0.315 e. The van der Waals surface area contributed by atoms with Gasteiger partial charge in [-0.1, -0.05) is 29.8 Å². The van der Waals surface area contributed by atoms with Gasteiger partial charge in [0.2, 0.25) is 0 Å². The summed E-state index contributed by atoms with van der Waals surface area (Å²) in [7, 11) is 1.73. The number of benzene rings is 1. The molecule has 1 N–H and O–H groups in total. The van der Waals surface area contributed by atoms with Crippen molar-refractivity contribution in [1.29, 1.82) is 5.26 Å². The molecule has 27 heavy (non-hydrogen) atoms. The van der Waals surface area contributed by atoms with Gasteiger partial charge in [-0.3, -0.25) is 14.3 Å². The SMILES string of the molecule is Cc1c(NC(=O)/C(C#N)=C/c2ccc(Cl)s2)c(=O)n(-c2ccccc2)n1C. The Kier molecular flexibility index (Phi) is 5.31. The highest BCUT2D eigenvalue weighted by Crippen LogP contribution is 2.24. The van der Waals surface area contributed by atoms with E-state index in [1.165, 1.54) is 22.1 Å². The van der Waals surface area contributed by atoms with Gasteiger partial charge in [0.1, 0.15) is 17.3 Å². The minimum atomic E-state index is -0.645. The molecule has 6 nitrogen and oxygen atoms in total. The lowest BCUT2D eigenvalue weighted by Crippen LogP contribution is -2.23. The van der Waals surface area contributed by atoms with E-state index in [2.05, 4.69) is 5.32 Å². The van der Waals surface area contributed by atoms with E-state index in [1.54, 1.807) is 42.9 Å². The van der Waals surface area contributed by atoms with E-state index < -0.39 is 5.91 Å². The number of halogens is 1. The summed E-state index contributed by atoms with van der Waals surface area (Å²) in [6.45, 7) is 1.73. The number of amides is 1. The van der Waals surface area contributed by atoms with E-state index in [1.807, 2.05) is 24.3 Å². The fourth-order valence-corrected chi connectivity index (χ4v) is 3.59. The second-order valence-electron chi connectivity index (χ2n) is 5.70. The van der Waals surface area contributed by atoms with Gasteiger partial charge in [-0.25, -0.2) is 4.68 Å². The van der Waals surface area contributed by atoms with Gasteiger partial charge in [0.25, 0.3) is 11.5 Å². The predicted octanol–water partition coefficient (Wildman–Crippen LogP) is 3.75. The molecule has 0 atom stereocenters. The molecule has 0 saturated carbocycles. The number of para-hydroxylation sites is 1. The van der Waals surface area contributed by atoms with Crippen molar-refractivity contribution in [2.75, 3.05) is 5.32 Å². The van der Waals surface area contributed by atoms with Crippen LogP contribution in [0.3, 0.4) is 0 Å². The molecule has 1 aromatic carbocycles. The number of aromatic nitrogens is 2. The first kappa shape index (κ1) is 18.7. The third-order valence-corrected chi connectivity index (χ3v) is 5.22. The summed E-state index contributed by atoms with van der Waals surface area (Å²) in [5.41, 5.74) is 0.914. The lowest BCUT2D eigenvalue weighted by molar-refractivity contribution is -0.112. The summed E-state index contributed by atoms with van der Waals surface area (Å²) in [5, 5.41) is 11.9. The van der Waals surface area contributed by atoms with Gasteiger partial charge in [-0.05, 0) is 37.3 Å². The molecule has 2 heterocycles. The molecule has 0 aliphatic heterocycles. The molecule has 2 aromatic heterocycles. The van der Waals surface area contributed by atoms with Crippen LogP contribution in [0.4, 0.5) is 5.69 Å². The van der Waals surface area contributed by atoms with Crippen molar-refractivity contribution in [3.05, 3.63) is 73.3 Å². The van der Waals surface area contributed by atoms with Crippen LogP contribution in [0.5, 0.6) is 0 Å². The van der Waals surface area contributed by atoms with Crippen LogP contribution in [0.15, 0.2) is 52.8 Å². The number of nitriles is 1. The van der Waals surface area contributed by atoms with Crippen molar-refractivity contribution < 1.29 is 4.79 Å². The number of anilines is 1. The van der Waals surface area contributed by atoms with Crippen LogP contribution in [0.1, 0.15) is 10.6 Å². The number of hydrogen-bond acceptors (Lipinski definition) is 4. The average Bonchev–Trinajstić information content (AvgIpc) is 3.16. The van der Waals surface area contributed by atoms with Crippen molar-refractivity contribution in [3.63, 3.8) is 0 Å². The van der Waals surface area contributed by atoms with Gasteiger partial charge >= 0.3 is 0 Å². The van der Waals surface area contributed by atoms with Crippen molar-refractivity contribution in [3.8, 4) is 11.8 Å². The molecule has 0 aliphatic carbocycles. The molecule has 0 saturated heterocycles. The summed E-state index contributed by atoms with van der Waals surface area (Å²) in [5.74, 6) is -0.645. The zero-order valence-corrected chi connectivity index (χ0v) is 16.1. The van der Waals surface area contributed by atoms with Crippen LogP contribution < -0.4 is 10.9 Å². The van der Waals surface area contributed by atoms with Gasteiger partial charge in [0, 0.05) is 11.9 Å². The number of carbonyl (C=O) groups excluding carboxylic acids is 1. The second kappa shape index (κ2) is 7.66. The summed E-state index contributed by atoms with van der Waals surface area (Å²) >= 11 is 7.13. The number of carbonyl (C=O) groups is 1. The second-order valence-corrected chi connectivity index (χ2v) is 7.45. The summed E-state index contributed by atoms with van der Waals surface area (Å²) in [6, 6.07) is 14.4. The molecule has 0 aliphatic rings. The first-order valence-electron chi connectivity index (χ1n) is 7.95. The largest absolute Gasteiger partial charge is 0.315 e. The molecule has 0 radical (unpaired) electrons. The van der Waals surface area contributed by atoms with E-state index in [-0.39, 0.29) is 16.8 Å². The maximum atomic E-state index is 12.8. The number of hydrogen-bond donors (Lipinski definition) is 1. The van der Waals surface area contributed by atoms with E-state index in [9.17, 15) is 14.9 Å². The molecule has 3 aromatic rings. The van der Waals surface area contributed by atoms with Gasteiger partial charge in [0.15, 0.2) is 0 Å². The van der Waals surface area contributed by atoms with Gasteiger partial charge in [-0.15, -0.1) is 11.3 Å². The lowest BCUT2D eigenvalue weighted by Gasteiger charge is -2.07. The number of rotatable bonds is 4. The van der Waals surface area contributed by atoms with E-state index in [0.717, 1.165) is 0 Å². The minimum absolute atomic E-state index is 0.109. The van der Waals surface area contributed by atoms with Crippen molar-refractivity contribution in [2.24, 2.45) is 7.05 Å². The third-order valence-electron chi connectivity index (χ3n) is 4.04. The molecule has 136 valence electrons. The molecule has 3 rings (SSSR count). The Hall–Kier alpha value is -3.08. The smallest absolute Gasteiger partial charge is 0.295 e. The zero-order chi connectivity index (χ0) is 19.6. The normalized spacial score (nSPS) is 11.3. The third kappa shape index (κ3) is 3.72. The molecule has 1 amide bonds. The van der Waals surface area contributed by atoms with Crippen molar-refractivity contribution >= 4 is 40.6 Å². The predicted molar refractivity (Wildman–Crippen MR) is 107 cm³/mol. The molecule has 0 unspecified atom stereocenters. The first-order chi connectivity index (χ1) is 12.9. The number of nitrogens with zero attached hydrogens (tertiary/aromatic N) is 3. The Balaban J connectivity index is 1.96. The van der Waals surface area contributed by atoms with Crippen LogP contribution in [-0.2, 0) is 11.8 Å². The van der Waals surface area contributed by atoms with Gasteiger partial charge in [0.05, 0.1) is 15.7 Å². The van der Waals surface area contributed by atoms with Crippen LogP contribution in [0, 0.1) is 18.3 Å². The van der Waals surface area contributed by atoms with Crippen LogP contribution >= 0.6 is 22.9 Å². The first-order valence-corrected chi connectivity index (χ1v) is 9.14. The maximum absolute atomic E-state index is 12.8. The molecular formula is C19H15ClN4O2S. The standard InChI is InChI=1S/C19H15ClN4O2S/c1-12-17(19(26)24(23(12)2)14-6-4-3-5-7-14)22-18(25)13(11-21)10-15-8-9-16(20)27-15/h3-10H,1-2H3,(H,22,25)/b13-10+. The Bertz CT molecular complexity index is 1130. The monoisotopic (exact) mass is 398 g/mol. The molecular weight excluding hydrogens is 384 g/mol. The average molecular weight is 399 g/mol. The van der Waals surface area contributed by atoms with Crippen molar-refractivity contribution in [2.45, 2.75) is 6.92 Å². The van der Waals surface area contributed by atoms with Crippen LogP contribution in [0.2, 0.25) is 4.34 Å². The van der Waals surface area contributed by atoms with Gasteiger partial charge in [-0.2, -0.15) is 5.26 Å². The highest BCUT2D eigenvalue weighted by molar-refractivity contribution is 7.17. The summed E-state index contributed by atoms with van der Waals surface area (Å²) in [6.07, 6.45) is 1.44. The van der Waals surface area contributed by atoms with E-state index in [0.29, 0.717) is 20.6 Å². The molecule has 0 fully saturated rings. The Morgan fingerprint density at radius 1 is 1.26 bits per heavy atom. The molecule has 0 bridgehead atoms. The fraction of sp³-hybridized carbons (Fsp3) is 0.105. The number of nitrogens with one attached hydrogen (secondary N) is 1. The Morgan fingerprint density at radius 3 is 2.56 bits per heavy atom. The fourth-order valence-electron chi connectivity index (χ4n) is 2.59. The molecule has 8 heteroatoms. The highest BCUT2D eigenvalue weighted by atomic mass is 35.5. The van der Waals surface area contributed by atoms with Crippen LogP contribution in [0.25, 0.3) is 11.8 Å². The number of thiophene rings is 1. The Labute approximate surface area is 164 Å². The van der Waals surface area contributed by atoms with E-state index in [4.69, 9.17) is 11.6 Å². The topological polar surface area (TPSA) is 79.8 Å². The maximum Gasteiger partial charge on any atom is 0.295 e. The van der Waals surface area contributed by atoms with Crippen LogP contribution in [-0.4, -0.2) is 15.3 Å². The van der Waals surface area contributed by atoms with Crippen molar-refractivity contribution in [1.82, 2.24) is 9.36 Å². The van der Waals surface area contributed by atoms with E-state index >= 15 is 0 Å². The highest BCUT2D eigenvalue weighted by Gasteiger charge is 2.20. The zero-order valence-electron chi connectivity index (χ0n) is 14.6.